The van der Waals surface area contributed by atoms with Gasteiger partial charge < -0.3 is 15.0 Å². The molecular weight excluding hydrogens is 703 g/mol. The van der Waals surface area contributed by atoms with E-state index < -0.39 is 0 Å². The van der Waals surface area contributed by atoms with Crippen LogP contribution in [0.4, 0.5) is 0 Å². The molecule has 5 fully saturated rings. The van der Waals surface area contributed by atoms with Crippen LogP contribution in [0.3, 0.4) is 0 Å². The number of amides is 1. The summed E-state index contributed by atoms with van der Waals surface area (Å²) in [6.07, 6.45) is 14.1. The molecular formula is C51H71N3O3. The summed E-state index contributed by atoms with van der Waals surface area (Å²) in [7, 11) is 0. The van der Waals surface area contributed by atoms with Gasteiger partial charge in [-0.05, 0) is 152 Å². The molecule has 1 heterocycles. The second-order valence-electron chi connectivity index (χ2n) is 20.9. The lowest BCUT2D eigenvalue weighted by Gasteiger charge is -2.72. The lowest BCUT2D eigenvalue weighted by Crippen LogP contribution is -2.68. The lowest BCUT2D eigenvalue weighted by molar-refractivity contribution is -0.219. The van der Waals surface area contributed by atoms with Crippen LogP contribution in [0.2, 0.25) is 0 Å². The van der Waals surface area contributed by atoms with Crippen LogP contribution >= 0.6 is 0 Å². The van der Waals surface area contributed by atoms with E-state index in [1.165, 1.54) is 68.1 Å². The van der Waals surface area contributed by atoms with Gasteiger partial charge in [-0.25, -0.2) is 0 Å². The maximum atomic E-state index is 13.4. The fourth-order valence-corrected chi connectivity index (χ4v) is 15.1. The van der Waals surface area contributed by atoms with Crippen LogP contribution in [0.1, 0.15) is 123 Å². The van der Waals surface area contributed by atoms with E-state index in [1.807, 2.05) is 30.3 Å². The third-order valence-electron chi connectivity index (χ3n) is 18.3. The highest BCUT2D eigenvalue weighted by atomic mass is 16.5. The predicted octanol–water partition coefficient (Wildman–Crippen LogP) is 10.2. The summed E-state index contributed by atoms with van der Waals surface area (Å²) >= 11 is 0. The highest BCUT2D eigenvalue weighted by Crippen LogP contribution is 2.76. The average molecular weight is 774 g/mol. The largest absolute Gasteiger partial charge is 0.429 e. The molecule has 5 aliphatic carbocycles. The van der Waals surface area contributed by atoms with Crippen molar-refractivity contribution in [3.05, 3.63) is 84.0 Å². The molecule has 2 aromatic rings. The van der Waals surface area contributed by atoms with Crippen molar-refractivity contribution in [3.63, 3.8) is 0 Å². The molecule has 0 aromatic heterocycles. The van der Waals surface area contributed by atoms with Crippen LogP contribution in [0.15, 0.2) is 72.8 Å². The molecule has 308 valence electrons. The number of carbonyl (C=O) groups is 2. The van der Waals surface area contributed by atoms with Crippen molar-refractivity contribution >= 4 is 18.0 Å². The molecule has 4 saturated carbocycles. The first-order valence-corrected chi connectivity index (χ1v) is 22.6. The summed E-state index contributed by atoms with van der Waals surface area (Å²) in [5.74, 6) is 4.05. The topological polar surface area (TPSA) is 61.9 Å². The minimum atomic E-state index is -0.0912. The van der Waals surface area contributed by atoms with Gasteiger partial charge in [-0.15, -0.1) is 0 Å². The molecule has 6 heteroatoms. The standard InChI is InChI=1S/C51H71N3O3/c1-35(2)40-20-25-51(52-28-29-53-30-32-54(33-31-53)46(56)36(3)37-12-10-9-11-13-37)27-26-49(7)42(45(40)51)18-19-44-48(6)23-21-41(38-14-16-39(17-15-38)57-34-55)47(4,5)43(48)22-24-50(44,49)8/h9-17,21,34,36,40,42-45,52H,1,18-20,22-33H2,2-8H3/t36?,40-,42+,43-,44+,45+,48-,49+,50+,51-/m0/s1. The Morgan fingerprint density at radius 1 is 0.877 bits per heavy atom. The van der Waals surface area contributed by atoms with E-state index in [-0.39, 0.29) is 28.2 Å². The van der Waals surface area contributed by atoms with Crippen molar-refractivity contribution in [1.29, 1.82) is 0 Å². The van der Waals surface area contributed by atoms with Gasteiger partial charge in [0.05, 0.1) is 5.92 Å². The third kappa shape index (κ3) is 6.58. The Balaban J connectivity index is 0.962. The molecule has 6 nitrogen and oxygen atoms in total. The molecule has 1 aliphatic heterocycles. The molecule has 1 saturated heterocycles. The zero-order valence-electron chi connectivity index (χ0n) is 36.2. The van der Waals surface area contributed by atoms with Gasteiger partial charge in [0.2, 0.25) is 5.91 Å². The minimum absolute atomic E-state index is 0.0595. The van der Waals surface area contributed by atoms with E-state index in [0.29, 0.717) is 52.6 Å². The average Bonchev–Trinajstić information content (AvgIpc) is 3.59. The summed E-state index contributed by atoms with van der Waals surface area (Å²) in [6.45, 7) is 28.4. The Morgan fingerprint density at radius 3 is 2.28 bits per heavy atom. The van der Waals surface area contributed by atoms with E-state index in [4.69, 9.17) is 4.74 Å². The van der Waals surface area contributed by atoms with Crippen molar-refractivity contribution in [3.8, 4) is 5.75 Å². The molecule has 1 unspecified atom stereocenters. The Kier molecular flexibility index (Phi) is 10.7. The minimum Gasteiger partial charge on any atom is -0.429 e. The van der Waals surface area contributed by atoms with Gasteiger partial charge in [-0.2, -0.15) is 0 Å². The van der Waals surface area contributed by atoms with Gasteiger partial charge in [0.1, 0.15) is 5.75 Å². The van der Waals surface area contributed by atoms with Crippen LogP contribution in [0.25, 0.3) is 5.57 Å². The van der Waals surface area contributed by atoms with Crippen molar-refractivity contribution in [1.82, 2.24) is 15.1 Å². The molecule has 0 bridgehead atoms. The fourth-order valence-electron chi connectivity index (χ4n) is 15.1. The number of fused-ring (bicyclic) bond motifs is 7. The first-order valence-electron chi connectivity index (χ1n) is 22.6. The van der Waals surface area contributed by atoms with Gasteiger partial charge in [-0.1, -0.05) is 95.3 Å². The summed E-state index contributed by atoms with van der Waals surface area (Å²) in [5.41, 5.74) is 6.36. The van der Waals surface area contributed by atoms with Crippen molar-refractivity contribution < 1.29 is 14.3 Å². The number of hydrogen-bond acceptors (Lipinski definition) is 5. The van der Waals surface area contributed by atoms with E-state index in [1.54, 1.807) is 0 Å². The number of nitrogens with one attached hydrogen (secondary N) is 1. The Morgan fingerprint density at radius 2 is 1.60 bits per heavy atom. The monoisotopic (exact) mass is 774 g/mol. The van der Waals surface area contributed by atoms with Gasteiger partial charge >= 0.3 is 0 Å². The molecule has 2 aromatic carbocycles. The van der Waals surface area contributed by atoms with Gasteiger partial charge in [0.25, 0.3) is 6.47 Å². The molecule has 1 amide bonds. The summed E-state index contributed by atoms with van der Waals surface area (Å²) in [6, 6.07) is 18.4. The SMILES string of the molecule is C=C(C)[C@@H]1CC[C@]2(NCCN3CCN(C(=O)C(C)c4ccccc4)CC3)CC[C@]3(C)[C@H](CC[C@@H]4[C@@]5(C)CC=C(c6ccc(OC=O)cc6)C(C)(C)[C@@H]5CC[C@]43C)[C@@H]12. The first-order chi connectivity index (χ1) is 27.2. The number of allylic oxidation sites excluding steroid dienone is 3. The van der Waals surface area contributed by atoms with Crippen LogP contribution < -0.4 is 10.1 Å². The van der Waals surface area contributed by atoms with Crippen molar-refractivity contribution in [2.24, 2.45) is 51.2 Å². The van der Waals surface area contributed by atoms with Crippen LogP contribution in [-0.4, -0.2) is 67.0 Å². The van der Waals surface area contributed by atoms with Gasteiger partial charge in [0, 0.05) is 44.8 Å². The molecule has 0 spiro atoms. The quantitative estimate of drug-likeness (QED) is 0.193. The first kappa shape index (κ1) is 40.6. The lowest BCUT2D eigenvalue weighted by atomic mass is 9.33. The number of benzene rings is 2. The Labute approximate surface area is 344 Å². The highest BCUT2D eigenvalue weighted by Gasteiger charge is 2.70. The van der Waals surface area contributed by atoms with Crippen LogP contribution in [0.5, 0.6) is 5.75 Å². The van der Waals surface area contributed by atoms with E-state index in [9.17, 15) is 9.59 Å². The molecule has 57 heavy (non-hydrogen) atoms. The fraction of sp³-hybridized carbons (Fsp3) is 0.647. The molecule has 10 atom stereocenters. The summed E-state index contributed by atoms with van der Waals surface area (Å²) < 4.78 is 5.13. The number of nitrogens with zero attached hydrogens (tertiary/aromatic N) is 2. The van der Waals surface area contributed by atoms with E-state index in [2.05, 4.69) is 101 Å². The highest BCUT2D eigenvalue weighted by molar-refractivity contribution is 5.83. The molecule has 8 rings (SSSR count). The summed E-state index contributed by atoms with van der Waals surface area (Å²) in [5, 5.41) is 4.34. The van der Waals surface area contributed by atoms with Crippen molar-refractivity contribution in [2.45, 2.75) is 118 Å². The number of rotatable bonds is 10. The zero-order chi connectivity index (χ0) is 40.4. The number of piperazine rings is 1. The summed E-state index contributed by atoms with van der Waals surface area (Å²) in [4.78, 5) is 29.0. The second kappa shape index (κ2) is 15.1. The Bertz CT molecular complexity index is 1850. The van der Waals surface area contributed by atoms with Crippen LogP contribution in [0, 0.1) is 51.2 Å². The van der Waals surface area contributed by atoms with Crippen molar-refractivity contribution in [2.75, 3.05) is 39.3 Å². The smallest absolute Gasteiger partial charge is 0.298 e. The van der Waals surface area contributed by atoms with E-state index in [0.717, 1.165) is 51.3 Å². The second-order valence-corrected chi connectivity index (χ2v) is 20.9. The number of carbonyl (C=O) groups excluding carboxylic acids is 2. The molecule has 6 aliphatic rings. The Hall–Kier alpha value is -3.22. The zero-order valence-corrected chi connectivity index (χ0v) is 36.2. The predicted molar refractivity (Wildman–Crippen MR) is 232 cm³/mol. The molecule has 1 N–H and O–H groups in total. The van der Waals surface area contributed by atoms with Gasteiger partial charge in [-0.3, -0.25) is 14.5 Å². The number of ether oxygens (including phenoxy) is 1. The third-order valence-corrected chi connectivity index (χ3v) is 18.3. The van der Waals surface area contributed by atoms with E-state index >= 15 is 0 Å². The normalized spacial score (nSPS) is 37.8. The maximum Gasteiger partial charge on any atom is 0.298 e. The number of hydrogen-bond donors (Lipinski definition) is 1. The van der Waals surface area contributed by atoms with Crippen LogP contribution in [-0.2, 0) is 9.59 Å². The molecule has 0 radical (unpaired) electrons. The van der Waals surface area contributed by atoms with Gasteiger partial charge in [0.15, 0.2) is 0 Å². The maximum absolute atomic E-state index is 13.4.